The topological polar surface area (TPSA) is 26.0 Å². The van der Waals surface area contributed by atoms with Gasteiger partial charge in [-0.25, -0.2) is 0 Å². The molecular formula is C9H9NS. The Kier molecular flexibility index (Phi) is 1.64. The minimum Gasteiger partial charge on any atom is -0.279 e. The molecule has 0 amide bonds. The molecule has 56 valence electrons. The molecule has 0 aliphatic carbocycles. The first-order valence-electron chi connectivity index (χ1n) is 3.46. The van der Waals surface area contributed by atoms with E-state index in [-0.39, 0.29) is 10.7 Å². The zero-order valence-electron chi connectivity index (χ0n) is 6.03. The van der Waals surface area contributed by atoms with Gasteiger partial charge in [-0.05, 0) is 17.0 Å². The normalized spacial score (nSPS) is 20.6. The molecule has 11 heavy (non-hydrogen) atoms. The van der Waals surface area contributed by atoms with Gasteiger partial charge in [0.1, 0.15) is 0 Å². The minimum absolute atomic E-state index is 0.177. The van der Waals surface area contributed by atoms with Crippen LogP contribution < -0.4 is 5.14 Å². The lowest BCUT2D eigenvalue weighted by Gasteiger charge is -2.09. The number of nitrogens with two attached hydrogens (primary N) is 1. The van der Waals surface area contributed by atoms with Crippen LogP contribution in [0.2, 0.25) is 0 Å². The molecule has 1 aromatic carbocycles. The highest BCUT2D eigenvalue weighted by Crippen LogP contribution is 2.26. The average Bonchev–Trinajstić information content (AvgIpc) is 2.06. The summed E-state index contributed by atoms with van der Waals surface area (Å²) in [6.07, 6.45) is 4.11. The summed E-state index contributed by atoms with van der Waals surface area (Å²) in [7, 11) is -0.177. The van der Waals surface area contributed by atoms with Crippen molar-refractivity contribution < 1.29 is 0 Å². The van der Waals surface area contributed by atoms with Crippen molar-refractivity contribution in [2.75, 3.05) is 0 Å². The number of benzene rings is 1. The number of allylic oxidation sites excluding steroid dienone is 1. The Morgan fingerprint density at radius 2 is 2.00 bits per heavy atom. The van der Waals surface area contributed by atoms with E-state index in [2.05, 4.69) is 18.2 Å². The van der Waals surface area contributed by atoms with Crippen molar-refractivity contribution >= 4 is 22.1 Å². The molecule has 1 aromatic rings. The lowest BCUT2D eigenvalue weighted by Crippen LogP contribution is -1.94. The molecular weight excluding hydrogens is 154 g/mol. The maximum Gasteiger partial charge on any atom is 0.0228 e. The van der Waals surface area contributed by atoms with Crippen molar-refractivity contribution in [2.45, 2.75) is 4.90 Å². The van der Waals surface area contributed by atoms with Crippen LogP contribution >= 0.6 is 10.7 Å². The first-order chi connectivity index (χ1) is 5.38. The molecule has 1 atom stereocenters. The van der Waals surface area contributed by atoms with Crippen LogP contribution in [0.5, 0.6) is 0 Å². The van der Waals surface area contributed by atoms with Crippen LogP contribution in [0.3, 0.4) is 0 Å². The van der Waals surface area contributed by atoms with Gasteiger partial charge in [-0.15, -0.1) is 0 Å². The SMILES string of the molecule is NS1=CC=Cc2ccccc21. The number of hydrogen-bond donors (Lipinski definition) is 1. The Labute approximate surface area is 68.6 Å². The van der Waals surface area contributed by atoms with E-state index in [4.69, 9.17) is 5.14 Å². The van der Waals surface area contributed by atoms with Crippen molar-refractivity contribution in [2.24, 2.45) is 5.14 Å². The largest absolute Gasteiger partial charge is 0.279 e. The second-order valence-corrected chi connectivity index (χ2v) is 3.86. The highest BCUT2D eigenvalue weighted by Gasteiger charge is 2.01. The first-order valence-corrected chi connectivity index (χ1v) is 4.81. The van der Waals surface area contributed by atoms with Gasteiger partial charge in [0.25, 0.3) is 0 Å². The summed E-state index contributed by atoms with van der Waals surface area (Å²) in [5.41, 5.74) is 1.25. The van der Waals surface area contributed by atoms with Crippen molar-refractivity contribution in [1.82, 2.24) is 0 Å². The molecule has 2 rings (SSSR count). The van der Waals surface area contributed by atoms with Crippen LogP contribution in [0.25, 0.3) is 6.08 Å². The van der Waals surface area contributed by atoms with Crippen molar-refractivity contribution in [3.8, 4) is 0 Å². The predicted molar refractivity (Wildman–Crippen MR) is 51.6 cm³/mol. The quantitative estimate of drug-likeness (QED) is 0.582. The smallest absolute Gasteiger partial charge is 0.0228 e. The zero-order chi connectivity index (χ0) is 7.68. The van der Waals surface area contributed by atoms with Crippen molar-refractivity contribution in [3.05, 3.63) is 35.9 Å². The zero-order valence-corrected chi connectivity index (χ0v) is 6.84. The third-order valence-corrected chi connectivity index (χ3v) is 3.00. The molecule has 1 aliphatic rings. The molecule has 2 N–H and O–H groups in total. The van der Waals surface area contributed by atoms with Gasteiger partial charge in [0.05, 0.1) is 0 Å². The lowest BCUT2D eigenvalue weighted by atomic mass is 10.2. The maximum absolute atomic E-state index is 5.87. The number of fused-ring (bicyclic) bond motifs is 1. The summed E-state index contributed by atoms with van der Waals surface area (Å²) in [5.74, 6) is 0. The first kappa shape index (κ1) is 6.83. The van der Waals surface area contributed by atoms with E-state index in [1.807, 2.05) is 23.6 Å². The summed E-state index contributed by atoms with van der Waals surface area (Å²) in [6.45, 7) is 0. The van der Waals surface area contributed by atoms with Crippen LogP contribution in [0.15, 0.2) is 35.2 Å². The monoisotopic (exact) mass is 163 g/mol. The van der Waals surface area contributed by atoms with E-state index < -0.39 is 0 Å². The lowest BCUT2D eigenvalue weighted by molar-refractivity contribution is 1.42. The van der Waals surface area contributed by atoms with Gasteiger partial charge in [0, 0.05) is 4.90 Å². The molecule has 1 nitrogen and oxygen atoms in total. The fraction of sp³-hybridized carbons (Fsp3) is 0. The highest BCUT2D eigenvalue weighted by atomic mass is 32.2. The van der Waals surface area contributed by atoms with Gasteiger partial charge < -0.3 is 0 Å². The molecule has 1 unspecified atom stereocenters. The van der Waals surface area contributed by atoms with Crippen LogP contribution in [0.1, 0.15) is 5.56 Å². The summed E-state index contributed by atoms with van der Waals surface area (Å²) < 4.78 is 0. The van der Waals surface area contributed by atoms with Crippen LogP contribution in [-0.4, -0.2) is 5.37 Å². The van der Waals surface area contributed by atoms with Gasteiger partial charge >= 0.3 is 0 Å². The van der Waals surface area contributed by atoms with Crippen LogP contribution in [-0.2, 0) is 0 Å². The van der Waals surface area contributed by atoms with Gasteiger partial charge in [0.15, 0.2) is 0 Å². The van der Waals surface area contributed by atoms with E-state index in [1.54, 1.807) is 0 Å². The Bertz CT molecular complexity index is 339. The van der Waals surface area contributed by atoms with Gasteiger partial charge in [0.2, 0.25) is 0 Å². The Hall–Kier alpha value is -0.860. The molecule has 0 spiro atoms. The number of hydrogen-bond acceptors (Lipinski definition) is 1. The van der Waals surface area contributed by atoms with E-state index >= 15 is 0 Å². The second kappa shape index (κ2) is 2.64. The molecule has 0 bridgehead atoms. The second-order valence-electron chi connectivity index (χ2n) is 2.40. The third-order valence-electron chi connectivity index (χ3n) is 1.67. The predicted octanol–water partition coefficient (Wildman–Crippen LogP) is 2.02. The minimum atomic E-state index is -0.177. The highest BCUT2D eigenvalue weighted by molar-refractivity contribution is 8.13. The van der Waals surface area contributed by atoms with E-state index in [9.17, 15) is 0 Å². The van der Waals surface area contributed by atoms with E-state index in [1.165, 1.54) is 10.5 Å². The van der Waals surface area contributed by atoms with Gasteiger partial charge in [-0.3, -0.25) is 5.14 Å². The summed E-state index contributed by atoms with van der Waals surface area (Å²) >= 11 is 0. The van der Waals surface area contributed by atoms with Crippen LogP contribution in [0.4, 0.5) is 0 Å². The molecule has 0 radical (unpaired) electrons. The Balaban J connectivity index is 2.67. The Morgan fingerprint density at radius 3 is 2.82 bits per heavy atom. The standard InChI is InChI=1S/C9H9NS/c10-11-7-3-5-8-4-1-2-6-9(8)11/h1-7H,10H2. The fourth-order valence-corrected chi connectivity index (χ4v) is 2.17. The number of rotatable bonds is 0. The van der Waals surface area contributed by atoms with Crippen LogP contribution in [0, 0.1) is 0 Å². The van der Waals surface area contributed by atoms with E-state index in [0.29, 0.717) is 0 Å². The van der Waals surface area contributed by atoms with Gasteiger partial charge in [-0.1, -0.05) is 41.0 Å². The molecule has 0 saturated heterocycles. The van der Waals surface area contributed by atoms with Gasteiger partial charge in [-0.2, -0.15) is 0 Å². The summed E-state index contributed by atoms with van der Waals surface area (Å²) in [4.78, 5) is 1.25. The maximum atomic E-state index is 5.87. The summed E-state index contributed by atoms with van der Waals surface area (Å²) in [6, 6.07) is 8.23. The molecule has 0 aromatic heterocycles. The molecule has 0 saturated carbocycles. The fourth-order valence-electron chi connectivity index (χ4n) is 1.13. The Morgan fingerprint density at radius 1 is 1.18 bits per heavy atom. The molecule has 0 fully saturated rings. The third kappa shape index (κ3) is 1.15. The molecule has 2 heteroatoms. The average molecular weight is 163 g/mol. The molecule has 1 aliphatic heterocycles. The van der Waals surface area contributed by atoms with Crippen molar-refractivity contribution in [1.29, 1.82) is 0 Å². The van der Waals surface area contributed by atoms with Crippen molar-refractivity contribution in [3.63, 3.8) is 0 Å². The van der Waals surface area contributed by atoms with E-state index in [0.717, 1.165) is 0 Å². The summed E-state index contributed by atoms with van der Waals surface area (Å²) in [5, 5.41) is 7.90. The molecule has 1 heterocycles.